The van der Waals surface area contributed by atoms with Crippen LogP contribution in [0.2, 0.25) is 0 Å². The number of ether oxygens (including phenoxy) is 1. The molecule has 27 heavy (non-hydrogen) atoms. The Morgan fingerprint density at radius 2 is 1.67 bits per heavy atom. The van der Waals surface area contributed by atoms with Gasteiger partial charge in [0.25, 0.3) is 0 Å². The maximum Gasteiger partial charge on any atom is 0.387 e. The average molecular weight is 393 g/mol. The van der Waals surface area contributed by atoms with Crippen molar-refractivity contribution >= 4 is 34.6 Å². The van der Waals surface area contributed by atoms with Crippen molar-refractivity contribution in [3.63, 3.8) is 0 Å². The number of thiocarbonyl (C=S) groups is 1. The van der Waals surface area contributed by atoms with Gasteiger partial charge < -0.3 is 20.7 Å². The van der Waals surface area contributed by atoms with E-state index >= 15 is 0 Å². The molecule has 0 bridgehead atoms. The van der Waals surface area contributed by atoms with E-state index in [0.29, 0.717) is 5.69 Å². The van der Waals surface area contributed by atoms with E-state index in [9.17, 15) is 13.6 Å². The molecule has 0 aliphatic heterocycles. The summed E-state index contributed by atoms with van der Waals surface area (Å²) in [7, 11) is 0. The van der Waals surface area contributed by atoms with Gasteiger partial charge in [0.1, 0.15) is 5.75 Å². The van der Waals surface area contributed by atoms with Crippen LogP contribution in [-0.4, -0.2) is 24.2 Å². The van der Waals surface area contributed by atoms with Crippen LogP contribution in [-0.2, 0) is 4.79 Å². The fourth-order valence-corrected chi connectivity index (χ4v) is 2.81. The SMILES string of the molecule is Cc1cc(C)c(NC(=O)CNC(=S)Nc2ccc(OC(F)F)cc2)c(C)c1. The van der Waals surface area contributed by atoms with Gasteiger partial charge in [-0.05, 0) is 68.4 Å². The first kappa shape index (κ1) is 20.6. The van der Waals surface area contributed by atoms with Gasteiger partial charge in [-0.15, -0.1) is 0 Å². The number of hydrogen-bond acceptors (Lipinski definition) is 3. The number of nitrogens with one attached hydrogen (secondary N) is 3. The molecule has 0 heterocycles. The minimum absolute atomic E-state index is 0.00876. The number of halogens is 2. The monoisotopic (exact) mass is 393 g/mol. The summed E-state index contributed by atoms with van der Waals surface area (Å²) in [4.78, 5) is 12.2. The second-order valence-corrected chi connectivity index (χ2v) is 6.44. The highest BCUT2D eigenvalue weighted by Crippen LogP contribution is 2.21. The molecule has 0 saturated carbocycles. The summed E-state index contributed by atoms with van der Waals surface area (Å²) in [6, 6.07) is 9.89. The van der Waals surface area contributed by atoms with Crippen LogP contribution in [0.25, 0.3) is 0 Å². The van der Waals surface area contributed by atoms with E-state index in [4.69, 9.17) is 12.2 Å². The minimum Gasteiger partial charge on any atom is -0.435 e. The van der Waals surface area contributed by atoms with E-state index in [2.05, 4.69) is 20.7 Å². The van der Waals surface area contributed by atoms with E-state index < -0.39 is 6.61 Å². The lowest BCUT2D eigenvalue weighted by molar-refractivity contribution is -0.115. The van der Waals surface area contributed by atoms with Crippen molar-refractivity contribution in [1.82, 2.24) is 5.32 Å². The molecule has 2 rings (SSSR count). The van der Waals surface area contributed by atoms with Gasteiger partial charge in [-0.1, -0.05) is 17.7 Å². The van der Waals surface area contributed by atoms with Crippen molar-refractivity contribution in [3.8, 4) is 5.75 Å². The highest BCUT2D eigenvalue weighted by Gasteiger charge is 2.09. The molecule has 2 aromatic carbocycles. The van der Waals surface area contributed by atoms with Crippen LogP contribution in [0.4, 0.5) is 20.2 Å². The Kier molecular flexibility index (Phi) is 7.06. The van der Waals surface area contributed by atoms with E-state index in [1.807, 2.05) is 32.9 Å². The summed E-state index contributed by atoms with van der Waals surface area (Å²) >= 11 is 5.14. The molecule has 0 fully saturated rings. The highest BCUT2D eigenvalue weighted by atomic mass is 32.1. The molecule has 0 unspecified atom stereocenters. The van der Waals surface area contributed by atoms with Crippen molar-refractivity contribution in [2.45, 2.75) is 27.4 Å². The molecule has 144 valence electrons. The van der Waals surface area contributed by atoms with Gasteiger partial charge in [-0.25, -0.2) is 0 Å². The van der Waals surface area contributed by atoms with Crippen LogP contribution in [0.1, 0.15) is 16.7 Å². The summed E-state index contributed by atoms with van der Waals surface area (Å²) in [6.07, 6.45) is 0. The number of hydrogen-bond donors (Lipinski definition) is 3. The lowest BCUT2D eigenvalue weighted by Gasteiger charge is -2.14. The lowest BCUT2D eigenvalue weighted by atomic mass is 10.1. The molecule has 5 nitrogen and oxygen atoms in total. The third kappa shape index (κ3) is 6.49. The molecule has 0 spiro atoms. The maximum absolute atomic E-state index is 12.2. The zero-order chi connectivity index (χ0) is 20.0. The molecule has 2 aromatic rings. The maximum atomic E-state index is 12.2. The Morgan fingerprint density at radius 3 is 2.22 bits per heavy atom. The zero-order valence-electron chi connectivity index (χ0n) is 15.2. The Morgan fingerprint density at radius 1 is 1.07 bits per heavy atom. The molecule has 0 atom stereocenters. The number of aryl methyl sites for hydroxylation is 3. The molecule has 0 saturated heterocycles. The number of amides is 1. The number of anilines is 2. The van der Waals surface area contributed by atoms with Gasteiger partial charge in [0.2, 0.25) is 5.91 Å². The largest absolute Gasteiger partial charge is 0.435 e. The molecule has 3 N–H and O–H groups in total. The Balaban J connectivity index is 1.84. The minimum atomic E-state index is -2.87. The second-order valence-electron chi connectivity index (χ2n) is 6.03. The summed E-state index contributed by atoms with van der Waals surface area (Å²) in [5, 5.41) is 8.79. The predicted octanol–water partition coefficient (Wildman–Crippen LogP) is 4.14. The van der Waals surface area contributed by atoms with E-state index in [1.165, 1.54) is 12.1 Å². The van der Waals surface area contributed by atoms with Gasteiger partial charge in [0.15, 0.2) is 5.11 Å². The number of rotatable bonds is 6. The van der Waals surface area contributed by atoms with Crippen LogP contribution < -0.4 is 20.7 Å². The molecular formula is C19H21F2N3O2S. The summed E-state index contributed by atoms with van der Waals surface area (Å²) in [5.41, 5.74) is 4.50. The van der Waals surface area contributed by atoms with Crippen molar-refractivity contribution in [2.75, 3.05) is 17.2 Å². The van der Waals surface area contributed by atoms with Crippen LogP contribution in [0.3, 0.4) is 0 Å². The number of carbonyl (C=O) groups excluding carboxylic acids is 1. The number of carbonyl (C=O) groups is 1. The van der Waals surface area contributed by atoms with E-state index in [1.54, 1.807) is 12.1 Å². The molecule has 0 aromatic heterocycles. The first-order valence-corrected chi connectivity index (χ1v) is 8.63. The normalized spacial score (nSPS) is 10.4. The van der Waals surface area contributed by atoms with Crippen molar-refractivity contribution < 1.29 is 18.3 Å². The van der Waals surface area contributed by atoms with Gasteiger partial charge in [0.05, 0.1) is 6.54 Å². The van der Waals surface area contributed by atoms with Gasteiger partial charge in [0, 0.05) is 11.4 Å². The summed E-state index contributed by atoms with van der Waals surface area (Å²) in [5.74, 6) is -0.174. The van der Waals surface area contributed by atoms with Crippen molar-refractivity contribution in [2.24, 2.45) is 0 Å². The molecule has 0 aliphatic carbocycles. The fraction of sp³-hybridized carbons (Fsp3) is 0.263. The zero-order valence-corrected chi connectivity index (χ0v) is 16.0. The third-order valence-electron chi connectivity index (χ3n) is 3.69. The fourth-order valence-electron chi connectivity index (χ4n) is 2.62. The second kappa shape index (κ2) is 9.27. The summed E-state index contributed by atoms with van der Waals surface area (Å²) < 4.78 is 28.5. The van der Waals surface area contributed by atoms with Gasteiger partial charge in [-0.2, -0.15) is 8.78 Å². The van der Waals surface area contributed by atoms with Crippen LogP contribution in [0.15, 0.2) is 36.4 Å². The number of benzene rings is 2. The highest BCUT2D eigenvalue weighted by molar-refractivity contribution is 7.80. The Bertz CT molecular complexity index is 803. The molecule has 8 heteroatoms. The lowest BCUT2D eigenvalue weighted by Crippen LogP contribution is -2.35. The first-order valence-electron chi connectivity index (χ1n) is 8.22. The topological polar surface area (TPSA) is 62.4 Å². The van der Waals surface area contributed by atoms with E-state index in [0.717, 1.165) is 22.4 Å². The molecule has 1 amide bonds. The smallest absolute Gasteiger partial charge is 0.387 e. The van der Waals surface area contributed by atoms with Crippen molar-refractivity contribution in [1.29, 1.82) is 0 Å². The predicted molar refractivity (Wildman–Crippen MR) is 107 cm³/mol. The van der Waals surface area contributed by atoms with Crippen molar-refractivity contribution in [3.05, 3.63) is 53.1 Å². The average Bonchev–Trinajstić information content (AvgIpc) is 2.57. The van der Waals surface area contributed by atoms with Gasteiger partial charge in [-0.3, -0.25) is 4.79 Å². The Labute approximate surface area is 162 Å². The van der Waals surface area contributed by atoms with Crippen LogP contribution in [0, 0.1) is 20.8 Å². The molecular weight excluding hydrogens is 372 g/mol. The van der Waals surface area contributed by atoms with Gasteiger partial charge >= 0.3 is 6.61 Å². The standard InChI is InChI=1S/C19H21F2N3O2S/c1-11-8-12(2)17(13(3)9-11)24-16(25)10-22-19(27)23-14-4-6-15(7-5-14)26-18(20)21/h4-9,18H,10H2,1-3H3,(H,24,25)(H2,22,23,27). The Hall–Kier alpha value is -2.74. The van der Waals surface area contributed by atoms with Crippen LogP contribution >= 0.6 is 12.2 Å². The first-order chi connectivity index (χ1) is 12.7. The summed E-state index contributed by atoms with van der Waals surface area (Å²) in [6.45, 7) is 3.01. The third-order valence-corrected chi connectivity index (χ3v) is 3.93. The molecule has 0 aliphatic rings. The number of alkyl halides is 2. The van der Waals surface area contributed by atoms with E-state index in [-0.39, 0.29) is 23.3 Å². The van der Waals surface area contributed by atoms with Crippen LogP contribution in [0.5, 0.6) is 5.75 Å². The quantitative estimate of drug-likeness (QED) is 0.644. The molecule has 0 radical (unpaired) electrons.